The van der Waals surface area contributed by atoms with Gasteiger partial charge in [-0.2, -0.15) is 0 Å². The van der Waals surface area contributed by atoms with E-state index in [2.05, 4.69) is 12.2 Å². The summed E-state index contributed by atoms with van der Waals surface area (Å²) in [5.41, 5.74) is 0. The largest absolute Gasteiger partial charge is 0.356 e. The molecule has 96 valence electrons. The summed E-state index contributed by atoms with van der Waals surface area (Å²) in [6, 6.07) is 0. The summed E-state index contributed by atoms with van der Waals surface area (Å²) < 4.78 is 0. The molecular formula is C13H28N2O. The van der Waals surface area contributed by atoms with E-state index in [4.69, 9.17) is 0 Å². The Hall–Kier alpha value is -0.570. The van der Waals surface area contributed by atoms with Crippen LogP contribution in [0, 0.1) is 0 Å². The molecule has 0 aromatic heterocycles. The Kier molecular flexibility index (Phi) is 10.5. The van der Waals surface area contributed by atoms with Gasteiger partial charge in [-0.3, -0.25) is 4.79 Å². The summed E-state index contributed by atoms with van der Waals surface area (Å²) in [6.45, 7) is 3.91. The van der Waals surface area contributed by atoms with Gasteiger partial charge in [0.05, 0.1) is 0 Å². The van der Waals surface area contributed by atoms with Gasteiger partial charge in [-0.05, 0) is 20.5 Å². The maximum absolute atomic E-state index is 11.3. The molecule has 0 heterocycles. The van der Waals surface area contributed by atoms with E-state index in [-0.39, 0.29) is 5.91 Å². The van der Waals surface area contributed by atoms with Crippen LogP contribution in [0.15, 0.2) is 0 Å². The standard InChI is InChI=1S/C13H28N2O/c1-4-5-6-7-8-9-11-14-13(16)10-12-15(2)3/h4-12H2,1-3H3,(H,14,16). The lowest BCUT2D eigenvalue weighted by Crippen LogP contribution is -2.28. The van der Waals surface area contributed by atoms with Gasteiger partial charge in [0, 0.05) is 19.5 Å². The molecule has 0 spiro atoms. The van der Waals surface area contributed by atoms with Crippen molar-refractivity contribution in [3.05, 3.63) is 0 Å². The van der Waals surface area contributed by atoms with Gasteiger partial charge in [0.1, 0.15) is 0 Å². The Labute approximate surface area is 101 Å². The van der Waals surface area contributed by atoms with Crippen LogP contribution in [0.3, 0.4) is 0 Å². The zero-order valence-electron chi connectivity index (χ0n) is 11.2. The highest BCUT2D eigenvalue weighted by atomic mass is 16.1. The van der Waals surface area contributed by atoms with Crippen LogP contribution in [-0.2, 0) is 4.79 Å². The van der Waals surface area contributed by atoms with E-state index in [1.165, 1.54) is 32.1 Å². The fourth-order valence-corrected chi connectivity index (χ4v) is 1.55. The molecule has 0 unspecified atom stereocenters. The second-order valence-corrected chi connectivity index (χ2v) is 4.67. The van der Waals surface area contributed by atoms with Crippen LogP contribution >= 0.6 is 0 Å². The van der Waals surface area contributed by atoms with Crippen molar-refractivity contribution in [2.45, 2.75) is 51.9 Å². The van der Waals surface area contributed by atoms with Gasteiger partial charge in [0.25, 0.3) is 0 Å². The van der Waals surface area contributed by atoms with Gasteiger partial charge < -0.3 is 10.2 Å². The van der Waals surface area contributed by atoms with Crippen LogP contribution < -0.4 is 5.32 Å². The first kappa shape index (κ1) is 15.4. The summed E-state index contributed by atoms with van der Waals surface area (Å²) in [7, 11) is 3.97. The molecule has 0 saturated carbocycles. The summed E-state index contributed by atoms with van der Waals surface area (Å²) in [5.74, 6) is 0.183. The lowest BCUT2D eigenvalue weighted by molar-refractivity contribution is -0.121. The molecule has 0 aliphatic heterocycles. The third-order valence-electron chi connectivity index (χ3n) is 2.64. The minimum absolute atomic E-state index is 0.183. The smallest absolute Gasteiger partial charge is 0.221 e. The zero-order chi connectivity index (χ0) is 12.2. The number of nitrogens with one attached hydrogen (secondary N) is 1. The van der Waals surface area contributed by atoms with E-state index in [0.717, 1.165) is 19.5 Å². The highest BCUT2D eigenvalue weighted by Crippen LogP contribution is 2.03. The molecular weight excluding hydrogens is 200 g/mol. The SMILES string of the molecule is CCCCCCCCNC(=O)CCN(C)C. The Morgan fingerprint density at radius 1 is 1.06 bits per heavy atom. The topological polar surface area (TPSA) is 32.3 Å². The minimum Gasteiger partial charge on any atom is -0.356 e. The maximum atomic E-state index is 11.3. The molecule has 0 aromatic rings. The van der Waals surface area contributed by atoms with Crippen molar-refractivity contribution < 1.29 is 4.79 Å². The van der Waals surface area contributed by atoms with Crippen molar-refractivity contribution in [3.63, 3.8) is 0 Å². The first-order valence-electron chi connectivity index (χ1n) is 6.58. The van der Waals surface area contributed by atoms with E-state index < -0.39 is 0 Å². The molecule has 0 aliphatic rings. The Balaban J connectivity index is 3.15. The predicted octanol–water partition coefficient (Wildman–Crippen LogP) is 2.41. The van der Waals surface area contributed by atoms with Crippen LogP contribution in [0.2, 0.25) is 0 Å². The Morgan fingerprint density at radius 3 is 2.31 bits per heavy atom. The quantitative estimate of drug-likeness (QED) is 0.582. The van der Waals surface area contributed by atoms with Gasteiger partial charge in [-0.25, -0.2) is 0 Å². The van der Waals surface area contributed by atoms with Crippen LogP contribution in [-0.4, -0.2) is 38.0 Å². The third-order valence-corrected chi connectivity index (χ3v) is 2.64. The zero-order valence-corrected chi connectivity index (χ0v) is 11.2. The third kappa shape index (κ3) is 11.5. The van der Waals surface area contributed by atoms with Gasteiger partial charge >= 0.3 is 0 Å². The number of rotatable bonds is 10. The number of hydrogen-bond donors (Lipinski definition) is 1. The monoisotopic (exact) mass is 228 g/mol. The molecule has 3 nitrogen and oxygen atoms in total. The van der Waals surface area contributed by atoms with Crippen molar-refractivity contribution >= 4 is 5.91 Å². The fraction of sp³-hybridized carbons (Fsp3) is 0.923. The lowest BCUT2D eigenvalue weighted by atomic mass is 10.1. The number of hydrogen-bond acceptors (Lipinski definition) is 2. The highest BCUT2D eigenvalue weighted by Gasteiger charge is 2.00. The average Bonchev–Trinajstić information content (AvgIpc) is 2.25. The Bertz CT molecular complexity index is 169. The van der Waals surface area contributed by atoms with Crippen LogP contribution in [0.1, 0.15) is 51.9 Å². The molecule has 0 saturated heterocycles. The summed E-state index contributed by atoms with van der Waals surface area (Å²) in [5, 5.41) is 2.96. The summed E-state index contributed by atoms with van der Waals surface area (Å²) in [4.78, 5) is 13.4. The molecule has 0 radical (unpaired) electrons. The molecule has 0 aromatic carbocycles. The van der Waals surface area contributed by atoms with Crippen molar-refractivity contribution in [2.24, 2.45) is 0 Å². The van der Waals surface area contributed by atoms with E-state index in [0.29, 0.717) is 6.42 Å². The molecule has 1 N–H and O–H groups in total. The van der Waals surface area contributed by atoms with Gasteiger partial charge in [0.2, 0.25) is 5.91 Å². The predicted molar refractivity (Wildman–Crippen MR) is 69.6 cm³/mol. The second kappa shape index (κ2) is 10.9. The molecule has 0 atom stereocenters. The maximum Gasteiger partial charge on any atom is 0.221 e. The normalized spacial score (nSPS) is 10.8. The Morgan fingerprint density at radius 2 is 1.69 bits per heavy atom. The first-order chi connectivity index (χ1) is 7.66. The average molecular weight is 228 g/mol. The molecule has 0 bridgehead atoms. The highest BCUT2D eigenvalue weighted by molar-refractivity contribution is 5.75. The molecule has 1 amide bonds. The lowest BCUT2D eigenvalue weighted by Gasteiger charge is -2.09. The number of unbranched alkanes of at least 4 members (excludes halogenated alkanes) is 5. The van der Waals surface area contributed by atoms with Crippen molar-refractivity contribution in [1.29, 1.82) is 0 Å². The minimum atomic E-state index is 0.183. The van der Waals surface area contributed by atoms with Crippen LogP contribution in [0.5, 0.6) is 0 Å². The van der Waals surface area contributed by atoms with Crippen molar-refractivity contribution in [2.75, 3.05) is 27.2 Å². The fourth-order valence-electron chi connectivity index (χ4n) is 1.55. The molecule has 16 heavy (non-hydrogen) atoms. The van der Waals surface area contributed by atoms with Gasteiger partial charge in [0.15, 0.2) is 0 Å². The molecule has 0 fully saturated rings. The van der Waals surface area contributed by atoms with Gasteiger partial charge in [-0.1, -0.05) is 39.0 Å². The van der Waals surface area contributed by atoms with E-state index in [9.17, 15) is 4.79 Å². The van der Waals surface area contributed by atoms with Crippen LogP contribution in [0.4, 0.5) is 0 Å². The van der Waals surface area contributed by atoms with Gasteiger partial charge in [-0.15, -0.1) is 0 Å². The number of nitrogens with zero attached hydrogens (tertiary/aromatic N) is 1. The molecule has 3 heteroatoms. The summed E-state index contributed by atoms with van der Waals surface area (Å²) in [6.07, 6.45) is 8.26. The van der Waals surface area contributed by atoms with Crippen LogP contribution in [0.25, 0.3) is 0 Å². The number of carbonyl (C=O) groups excluding carboxylic acids is 1. The van der Waals surface area contributed by atoms with E-state index in [1.807, 2.05) is 19.0 Å². The second-order valence-electron chi connectivity index (χ2n) is 4.67. The summed E-state index contributed by atoms with van der Waals surface area (Å²) >= 11 is 0. The molecule has 0 rings (SSSR count). The van der Waals surface area contributed by atoms with Crippen molar-refractivity contribution in [1.82, 2.24) is 10.2 Å². The van der Waals surface area contributed by atoms with Crippen molar-refractivity contribution in [3.8, 4) is 0 Å². The number of carbonyl (C=O) groups is 1. The van der Waals surface area contributed by atoms with E-state index >= 15 is 0 Å². The molecule has 0 aliphatic carbocycles. The number of amides is 1. The van der Waals surface area contributed by atoms with E-state index in [1.54, 1.807) is 0 Å². The first-order valence-corrected chi connectivity index (χ1v) is 6.58.